The lowest BCUT2D eigenvalue weighted by molar-refractivity contribution is -0.141. The molecule has 2 aliphatic rings. The highest BCUT2D eigenvalue weighted by atomic mass is 16.4. The van der Waals surface area contributed by atoms with Crippen LogP contribution in [0.3, 0.4) is 0 Å². The van der Waals surface area contributed by atoms with Crippen LogP contribution in [0, 0.1) is 11.8 Å². The van der Waals surface area contributed by atoms with Gasteiger partial charge in [-0.3, -0.25) is 4.79 Å². The Bertz CT molecular complexity index is 313. The van der Waals surface area contributed by atoms with Crippen LogP contribution in [0.4, 0.5) is 4.79 Å². The van der Waals surface area contributed by atoms with E-state index in [0.29, 0.717) is 18.8 Å². The van der Waals surface area contributed by atoms with Gasteiger partial charge in [-0.25, -0.2) is 4.79 Å². The van der Waals surface area contributed by atoms with Crippen LogP contribution in [0.25, 0.3) is 0 Å². The van der Waals surface area contributed by atoms with Gasteiger partial charge in [-0.1, -0.05) is 12.8 Å². The number of amides is 2. The Labute approximate surface area is 107 Å². The standard InChI is InChI=1S/C13H22N2O3/c16-12(17)10-5-6-11(7-10)15-13(18)14-8-9-3-1-2-4-9/h9-11H,1-8H2,(H,16,17)(H2,14,15,18). The molecule has 0 aliphatic heterocycles. The van der Waals surface area contributed by atoms with Gasteiger partial charge in [0, 0.05) is 12.6 Å². The van der Waals surface area contributed by atoms with E-state index < -0.39 is 5.97 Å². The van der Waals surface area contributed by atoms with Crippen LogP contribution in [0.5, 0.6) is 0 Å². The number of aliphatic carboxylic acids is 1. The topological polar surface area (TPSA) is 78.4 Å². The number of carbonyl (C=O) groups is 2. The minimum atomic E-state index is -0.745. The monoisotopic (exact) mass is 254 g/mol. The minimum absolute atomic E-state index is 0.0229. The van der Waals surface area contributed by atoms with Crippen molar-refractivity contribution in [1.29, 1.82) is 0 Å². The van der Waals surface area contributed by atoms with Crippen LogP contribution in [0.2, 0.25) is 0 Å². The molecule has 2 amide bonds. The summed E-state index contributed by atoms with van der Waals surface area (Å²) >= 11 is 0. The summed E-state index contributed by atoms with van der Waals surface area (Å²) in [6.07, 6.45) is 6.98. The van der Waals surface area contributed by atoms with E-state index in [-0.39, 0.29) is 18.0 Å². The molecular weight excluding hydrogens is 232 g/mol. The maximum atomic E-state index is 11.7. The van der Waals surface area contributed by atoms with E-state index in [2.05, 4.69) is 10.6 Å². The normalized spacial score (nSPS) is 28.2. The Morgan fingerprint density at radius 2 is 1.83 bits per heavy atom. The second-order valence-electron chi connectivity index (χ2n) is 5.55. The molecule has 0 saturated heterocycles. The highest BCUT2D eigenvalue weighted by Gasteiger charge is 2.30. The average molecular weight is 254 g/mol. The van der Waals surface area contributed by atoms with Crippen LogP contribution in [0.15, 0.2) is 0 Å². The molecule has 5 nitrogen and oxygen atoms in total. The molecule has 0 aromatic carbocycles. The van der Waals surface area contributed by atoms with Gasteiger partial charge in [-0.2, -0.15) is 0 Å². The summed E-state index contributed by atoms with van der Waals surface area (Å²) in [5.41, 5.74) is 0. The predicted octanol–water partition coefficient (Wildman–Crippen LogP) is 1.73. The van der Waals surface area contributed by atoms with Crippen molar-refractivity contribution < 1.29 is 14.7 Å². The van der Waals surface area contributed by atoms with E-state index in [1.165, 1.54) is 25.7 Å². The highest BCUT2D eigenvalue weighted by molar-refractivity contribution is 5.75. The van der Waals surface area contributed by atoms with Crippen LogP contribution in [-0.2, 0) is 4.79 Å². The smallest absolute Gasteiger partial charge is 0.315 e. The van der Waals surface area contributed by atoms with Crippen LogP contribution < -0.4 is 10.6 Å². The van der Waals surface area contributed by atoms with Crippen molar-refractivity contribution >= 4 is 12.0 Å². The van der Waals surface area contributed by atoms with Gasteiger partial charge < -0.3 is 15.7 Å². The number of urea groups is 1. The fourth-order valence-corrected chi connectivity index (χ4v) is 3.02. The van der Waals surface area contributed by atoms with E-state index in [9.17, 15) is 9.59 Å². The van der Waals surface area contributed by atoms with E-state index >= 15 is 0 Å². The zero-order chi connectivity index (χ0) is 13.0. The van der Waals surface area contributed by atoms with Crippen molar-refractivity contribution in [3.8, 4) is 0 Å². The summed E-state index contributed by atoms with van der Waals surface area (Å²) in [7, 11) is 0. The number of hydrogen-bond acceptors (Lipinski definition) is 2. The molecule has 2 aliphatic carbocycles. The Morgan fingerprint density at radius 1 is 1.11 bits per heavy atom. The van der Waals surface area contributed by atoms with Gasteiger partial charge in [-0.15, -0.1) is 0 Å². The zero-order valence-corrected chi connectivity index (χ0v) is 10.7. The Hall–Kier alpha value is -1.26. The third-order valence-electron chi connectivity index (χ3n) is 4.14. The number of carbonyl (C=O) groups excluding carboxylic acids is 1. The number of hydrogen-bond donors (Lipinski definition) is 3. The fourth-order valence-electron chi connectivity index (χ4n) is 3.02. The maximum Gasteiger partial charge on any atom is 0.315 e. The van der Waals surface area contributed by atoms with Crippen molar-refractivity contribution in [2.24, 2.45) is 11.8 Å². The van der Waals surface area contributed by atoms with Gasteiger partial charge in [0.15, 0.2) is 0 Å². The van der Waals surface area contributed by atoms with E-state index in [4.69, 9.17) is 5.11 Å². The molecular formula is C13H22N2O3. The molecule has 2 unspecified atom stereocenters. The zero-order valence-electron chi connectivity index (χ0n) is 10.7. The Balaban J connectivity index is 1.63. The second-order valence-corrected chi connectivity index (χ2v) is 5.55. The molecule has 2 fully saturated rings. The SMILES string of the molecule is O=C(NCC1CCCC1)NC1CCC(C(=O)O)C1. The second kappa shape index (κ2) is 6.07. The molecule has 0 radical (unpaired) electrons. The molecule has 2 rings (SSSR count). The van der Waals surface area contributed by atoms with E-state index in [0.717, 1.165) is 13.0 Å². The first-order valence-corrected chi connectivity index (χ1v) is 6.92. The first kappa shape index (κ1) is 13.2. The molecule has 2 atom stereocenters. The molecule has 0 spiro atoms. The summed E-state index contributed by atoms with van der Waals surface area (Å²) in [6, 6.07) is -0.118. The third-order valence-corrected chi connectivity index (χ3v) is 4.14. The van der Waals surface area contributed by atoms with E-state index in [1.54, 1.807) is 0 Å². The first-order chi connectivity index (χ1) is 8.65. The van der Waals surface area contributed by atoms with Crippen LogP contribution in [0.1, 0.15) is 44.9 Å². The molecule has 18 heavy (non-hydrogen) atoms. The van der Waals surface area contributed by atoms with Crippen molar-refractivity contribution in [2.45, 2.75) is 51.0 Å². The molecule has 0 aromatic rings. The van der Waals surface area contributed by atoms with Crippen LogP contribution >= 0.6 is 0 Å². The third kappa shape index (κ3) is 3.62. The molecule has 0 heterocycles. The summed E-state index contributed by atoms with van der Waals surface area (Å²) in [5.74, 6) is -0.401. The maximum absolute atomic E-state index is 11.7. The highest BCUT2D eigenvalue weighted by Crippen LogP contribution is 2.26. The number of nitrogens with one attached hydrogen (secondary N) is 2. The molecule has 102 valence electrons. The van der Waals surface area contributed by atoms with Crippen molar-refractivity contribution in [1.82, 2.24) is 10.6 Å². The van der Waals surface area contributed by atoms with Crippen molar-refractivity contribution in [3.63, 3.8) is 0 Å². The quantitative estimate of drug-likeness (QED) is 0.715. The molecule has 0 bridgehead atoms. The van der Waals surface area contributed by atoms with Gasteiger partial charge in [0.25, 0.3) is 0 Å². The molecule has 5 heteroatoms. The van der Waals surface area contributed by atoms with Gasteiger partial charge in [0.1, 0.15) is 0 Å². The van der Waals surface area contributed by atoms with Crippen molar-refractivity contribution in [3.05, 3.63) is 0 Å². The number of carboxylic acids is 1. The van der Waals surface area contributed by atoms with E-state index in [1.807, 2.05) is 0 Å². The summed E-state index contributed by atoms with van der Waals surface area (Å²) in [5, 5.41) is 14.7. The van der Waals surface area contributed by atoms with Gasteiger partial charge >= 0.3 is 12.0 Å². The fraction of sp³-hybridized carbons (Fsp3) is 0.846. The molecule has 3 N–H and O–H groups in total. The predicted molar refractivity (Wildman–Crippen MR) is 67.3 cm³/mol. The lowest BCUT2D eigenvalue weighted by atomic mass is 10.1. The van der Waals surface area contributed by atoms with Crippen LogP contribution in [-0.4, -0.2) is 29.7 Å². The Morgan fingerprint density at radius 3 is 2.44 bits per heavy atom. The average Bonchev–Trinajstić information content (AvgIpc) is 2.96. The number of rotatable bonds is 4. The van der Waals surface area contributed by atoms with Gasteiger partial charge in [0.05, 0.1) is 5.92 Å². The summed E-state index contributed by atoms with van der Waals surface area (Å²) < 4.78 is 0. The van der Waals surface area contributed by atoms with Gasteiger partial charge in [0.2, 0.25) is 0 Å². The summed E-state index contributed by atoms with van der Waals surface area (Å²) in [6.45, 7) is 0.751. The lowest BCUT2D eigenvalue weighted by Crippen LogP contribution is -2.42. The molecule has 2 saturated carbocycles. The van der Waals surface area contributed by atoms with Gasteiger partial charge in [-0.05, 0) is 38.0 Å². The summed E-state index contributed by atoms with van der Waals surface area (Å²) in [4.78, 5) is 22.5. The van der Waals surface area contributed by atoms with Crippen molar-refractivity contribution in [2.75, 3.05) is 6.54 Å². The number of carboxylic acid groups (broad SMARTS) is 1. The lowest BCUT2D eigenvalue weighted by Gasteiger charge is -2.15. The molecule has 0 aromatic heterocycles. The first-order valence-electron chi connectivity index (χ1n) is 6.92. The minimum Gasteiger partial charge on any atom is -0.481 e. The Kier molecular flexibility index (Phi) is 4.44. The largest absolute Gasteiger partial charge is 0.481 e.